The van der Waals surface area contributed by atoms with E-state index in [1.807, 2.05) is 18.3 Å². The van der Waals surface area contributed by atoms with E-state index < -0.39 is 0 Å². The number of aromatic nitrogens is 2. The molecular formula is C22H30IN5O. The van der Waals surface area contributed by atoms with Crippen molar-refractivity contribution in [3.8, 4) is 5.88 Å². The van der Waals surface area contributed by atoms with Crippen LogP contribution in [0.15, 0.2) is 47.7 Å². The molecule has 7 heteroatoms. The molecule has 0 aliphatic heterocycles. The predicted molar refractivity (Wildman–Crippen MR) is 130 cm³/mol. The van der Waals surface area contributed by atoms with Crippen LogP contribution < -0.4 is 15.4 Å². The molecule has 156 valence electrons. The van der Waals surface area contributed by atoms with Crippen molar-refractivity contribution in [1.29, 1.82) is 0 Å². The van der Waals surface area contributed by atoms with E-state index in [-0.39, 0.29) is 24.0 Å². The summed E-state index contributed by atoms with van der Waals surface area (Å²) in [4.78, 5) is 12.0. The average Bonchev–Trinajstić information content (AvgIpc) is 3.14. The first-order chi connectivity index (χ1) is 13.7. The number of nitrogens with zero attached hydrogens (tertiary/aromatic N) is 2. The maximum atomic E-state index is 5.51. The Morgan fingerprint density at radius 2 is 2.07 bits per heavy atom. The highest BCUT2D eigenvalue weighted by atomic mass is 127. The Labute approximate surface area is 189 Å². The molecule has 0 saturated heterocycles. The van der Waals surface area contributed by atoms with Crippen molar-refractivity contribution >= 4 is 40.8 Å². The fourth-order valence-electron chi connectivity index (χ4n) is 3.10. The van der Waals surface area contributed by atoms with Crippen LogP contribution in [0.4, 0.5) is 0 Å². The largest absolute Gasteiger partial charge is 0.478 e. The van der Waals surface area contributed by atoms with Crippen LogP contribution in [0.1, 0.15) is 30.0 Å². The molecule has 3 N–H and O–H groups in total. The molecule has 0 aliphatic rings. The fourth-order valence-corrected chi connectivity index (χ4v) is 3.10. The summed E-state index contributed by atoms with van der Waals surface area (Å²) < 4.78 is 5.51. The second-order valence-corrected chi connectivity index (χ2v) is 6.77. The second kappa shape index (κ2) is 11.6. The number of para-hydroxylation sites is 1. The molecule has 0 radical (unpaired) electrons. The van der Waals surface area contributed by atoms with Gasteiger partial charge in [0, 0.05) is 49.5 Å². The van der Waals surface area contributed by atoms with Crippen LogP contribution in [0.3, 0.4) is 0 Å². The Morgan fingerprint density at radius 3 is 2.79 bits per heavy atom. The van der Waals surface area contributed by atoms with Crippen LogP contribution in [-0.2, 0) is 13.0 Å². The van der Waals surface area contributed by atoms with Crippen molar-refractivity contribution in [1.82, 2.24) is 20.6 Å². The Balaban J connectivity index is 0.00000300. The number of benzene rings is 1. The van der Waals surface area contributed by atoms with Gasteiger partial charge in [-0.25, -0.2) is 4.98 Å². The molecule has 6 nitrogen and oxygen atoms in total. The highest BCUT2D eigenvalue weighted by Crippen LogP contribution is 2.21. The van der Waals surface area contributed by atoms with E-state index in [4.69, 9.17) is 4.74 Å². The second-order valence-electron chi connectivity index (χ2n) is 6.77. The number of hydrogen-bond acceptors (Lipinski definition) is 3. The van der Waals surface area contributed by atoms with Gasteiger partial charge in [-0.3, -0.25) is 4.99 Å². The van der Waals surface area contributed by atoms with Crippen molar-refractivity contribution in [2.75, 3.05) is 20.2 Å². The third-order valence-corrected chi connectivity index (χ3v) is 4.63. The molecule has 0 bridgehead atoms. The normalized spacial score (nSPS) is 11.2. The molecular weight excluding hydrogens is 477 g/mol. The first-order valence-electron chi connectivity index (χ1n) is 9.79. The quantitative estimate of drug-likeness (QED) is 0.243. The first kappa shape index (κ1) is 23.0. The Bertz CT molecular complexity index is 921. The van der Waals surface area contributed by atoms with Crippen LogP contribution in [0.5, 0.6) is 5.88 Å². The van der Waals surface area contributed by atoms with Crippen molar-refractivity contribution in [3.05, 3.63) is 59.4 Å². The zero-order valence-electron chi connectivity index (χ0n) is 17.3. The molecule has 3 aromatic rings. The molecule has 0 unspecified atom stereocenters. The van der Waals surface area contributed by atoms with Crippen molar-refractivity contribution in [3.63, 3.8) is 0 Å². The summed E-state index contributed by atoms with van der Waals surface area (Å²) in [5.74, 6) is 1.45. The van der Waals surface area contributed by atoms with Gasteiger partial charge in [0.15, 0.2) is 5.96 Å². The van der Waals surface area contributed by atoms with Gasteiger partial charge >= 0.3 is 0 Å². The number of aromatic amines is 1. The van der Waals surface area contributed by atoms with Crippen LogP contribution in [0.2, 0.25) is 0 Å². The number of fused-ring (bicyclic) bond motifs is 1. The molecule has 1 aromatic carbocycles. The molecule has 0 aliphatic carbocycles. The summed E-state index contributed by atoms with van der Waals surface area (Å²) in [6.45, 7) is 6.37. The number of rotatable bonds is 8. The van der Waals surface area contributed by atoms with Gasteiger partial charge in [-0.15, -0.1) is 24.0 Å². The monoisotopic (exact) mass is 507 g/mol. The van der Waals surface area contributed by atoms with Gasteiger partial charge in [0.25, 0.3) is 0 Å². The molecule has 0 atom stereocenters. The third-order valence-electron chi connectivity index (χ3n) is 4.63. The van der Waals surface area contributed by atoms with E-state index in [9.17, 15) is 0 Å². The van der Waals surface area contributed by atoms with Gasteiger partial charge < -0.3 is 20.4 Å². The van der Waals surface area contributed by atoms with E-state index in [1.165, 1.54) is 22.0 Å². The van der Waals surface area contributed by atoms with Gasteiger partial charge in [-0.05, 0) is 36.5 Å². The lowest BCUT2D eigenvalue weighted by molar-refractivity contribution is 0.305. The Hall–Kier alpha value is -2.29. The molecule has 29 heavy (non-hydrogen) atoms. The van der Waals surface area contributed by atoms with Crippen molar-refractivity contribution < 1.29 is 4.74 Å². The van der Waals surface area contributed by atoms with Gasteiger partial charge in [-0.1, -0.05) is 31.2 Å². The van der Waals surface area contributed by atoms with E-state index in [0.29, 0.717) is 19.0 Å². The van der Waals surface area contributed by atoms with Crippen LogP contribution in [0.25, 0.3) is 10.9 Å². The topological polar surface area (TPSA) is 74.3 Å². The van der Waals surface area contributed by atoms with E-state index >= 15 is 0 Å². The maximum Gasteiger partial charge on any atom is 0.213 e. The molecule has 0 spiro atoms. The number of guanidine groups is 1. The minimum Gasteiger partial charge on any atom is -0.478 e. The van der Waals surface area contributed by atoms with Crippen LogP contribution in [-0.4, -0.2) is 36.1 Å². The number of nitrogens with one attached hydrogen (secondary N) is 3. The minimum absolute atomic E-state index is 0. The zero-order chi connectivity index (χ0) is 19.8. The number of H-pyrrole nitrogens is 1. The lowest BCUT2D eigenvalue weighted by atomic mass is 10.1. The number of aryl methyl sites for hydroxylation is 1. The number of pyridine rings is 1. The average molecular weight is 507 g/mol. The smallest absolute Gasteiger partial charge is 0.213 e. The van der Waals surface area contributed by atoms with Crippen molar-refractivity contribution in [2.24, 2.45) is 4.99 Å². The summed E-state index contributed by atoms with van der Waals surface area (Å²) in [7, 11) is 1.78. The third kappa shape index (κ3) is 6.35. The fraction of sp³-hybridized carbons (Fsp3) is 0.364. The number of aliphatic imine (C=N–C) groups is 1. The SMILES string of the molecule is CCCOc1ccc(CNC(=NC)NCCc2c[nH]c3c(C)cccc23)cn1.I. The minimum atomic E-state index is 0. The molecule has 2 aromatic heterocycles. The van der Waals surface area contributed by atoms with Gasteiger partial charge in [0.1, 0.15) is 0 Å². The number of halogens is 1. The van der Waals surface area contributed by atoms with Crippen LogP contribution in [0, 0.1) is 6.92 Å². The lowest BCUT2D eigenvalue weighted by Gasteiger charge is -2.12. The highest BCUT2D eigenvalue weighted by molar-refractivity contribution is 14.0. The van der Waals surface area contributed by atoms with Gasteiger partial charge in [0.2, 0.25) is 5.88 Å². The molecule has 0 amide bonds. The summed E-state index contributed by atoms with van der Waals surface area (Å²) in [6.07, 6.45) is 5.84. The van der Waals surface area contributed by atoms with E-state index in [1.54, 1.807) is 7.05 Å². The summed E-state index contributed by atoms with van der Waals surface area (Å²) in [5, 5.41) is 7.99. The summed E-state index contributed by atoms with van der Waals surface area (Å²) >= 11 is 0. The van der Waals surface area contributed by atoms with Gasteiger partial charge in [-0.2, -0.15) is 0 Å². The number of hydrogen-bond donors (Lipinski definition) is 3. The molecule has 2 heterocycles. The predicted octanol–water partition coefficient (Wildman–Crippen LogP) is 4.19. The summed E-state index contributed by atoms with van der Waals surface area (Å²) in [6, 6.07) is 10.3. The lowest BCUT2D eigenvalue weighted by Crippen LogP contribution is -2.37. The maximum absolute atomic E-state index is 5.51. The highest BCUT2D eigenvalue weighted by Gasteiger charge is 2.06. The first-order valence-corrected chi connectivity index (χ1v) is 9.79. The van der Waals surface area contributed by atoms with Crippen LogP contribution >= 0.6 is 24.0 Å². The standard InChI is InChI=1S/C22H29N5O.HI/c1-4-12-28-20-9-8-17(13-25-20)14-27-22(23-3)24-11-10-18-15-26-21-16(2)6-5-7-19(18)21;/h5-9,13,15,26H,4,10-12,14H2,1-3H3,(H2,23,24,27);1H. The van der Waals surface area contributed by atoms with Crippen molar-refractivity contribution in [2.45, 2.75) is 33.2 Å². The van der Waals surface area contributed by atoms with Gasteiger partial charge in [0.05, 0.1) is 6.61 Å². The van der Waals surface area contributed by atoms with E-state index in [0.717, 1.165) is 30.9 Å². The Morgan fingerprint density at radius 1 is 1.21 bits per heavy atom. The molecule has 0 fully saturated rings. The van der Waals surface area contributed by atoms with E-state index in [2.05, 4.69) is 63.8 Å². The molecule has 0 saturated carbocycles. The number of ether oxygens (including phenoxy) is 1. The zero-order valence-corrected chi connectivity index (χ0v) is 19.6. The molecule has 3 rings (SSSR count). The summed E-state index contributed by atoms with van der Waals surface area (Å²) in [5.41, 5.74) is 4.89. The Kier molecular flexibility index (Phi) is 9.24.